The third-order valence-electron chi connectivity index (χ3n) is 2.80. The summed E-state index contributed by atoms with van der Waals surface area (Å²) in [6.45, 7) is 8.11. The Morgan fingerprint density at radius 2 is 1.84 bits per heavy atom. The Kier molecular flexibility index (Phi) is 3.69. The van der Waals surface area contributed by atoms with Gasteiger partial charge in [-0.25, -0.2) is 4.98 Å². The normalized spacial score (nSPS) is 10.8. The summed E-state index contributed by atoms with van der Waals surface area (Å²) in [5.74, 6) is 2.62. The Morgan fingerprint density at radius 3 is 2.47 bits per heavy atom. The lowest BCUT2D eigenvalue weighted by atomic mass is 10.1. The Hall–Kier alpha value is -2.10. The van der Waals surface area contributed by atoms with Crippen LogP contribution in [-0.2, 0) is 0 Å². The molecule has 0 aliphatic carbocycles. The molecule has 1 aromatic carbocycles. The molecular formula is C15H19N3O. The zero-order valence-electron chi connectivity index (χ0n) is 11.8. The predicted octanol–water partition coefficient (Wildman–Crippen LogP) is 3.59. The van der Waals surface area contributed by atoms with Gasteiger partial charge in [0.2, 0.25) is 5.88 Å². The van der Waals surface area contributed by atoms with Gasteiger partial charge in [0.1, 0.15) is 17.4 Å². The van der Waals surface area contributed by atoms with E-state index in [1.54, 1.807) is 6.07 Å². The Bertz CT molecular complexity index is 594. The topological polar surface area (TPSA) is 61.0 Å². The summed E-state index contributed by atoms with van der Waals surface area (Å²) in [7, 11) is 0. The molecule has 2 aromatic rings. The van der Waals surface area contributed by atoms with Gasteiger partial charge in [-0.1, -0.05) is 31.5 Å². The van der Waals surface area contributed by atoms with Crippen molar-refractivity contribution in [2.24, 2.45) is 0 Å². The fourth-order valence-corrected chi connectivity index (χ4v) is 1.80. The largest absolute Gasteiger partial charge is 0.439 e. The molecule has 0 radical (unpaired) electrons. The van der Waals surface area contributed by atoms with Gasteiger partial charge in [0.25, 0.3) is 0 Å². The molecular weight excluding hydrogens is 238 g/mol. The van der Waals surface area contributed by atoms with Crippen LogP contribution in [0.25, 0.3) is 0 Å². The molecule has 19 heavy (non-hydrogen) atoms. The van der Waals surface area contributed by atoms with Crippen LogP contribution in [0.4, 0.5) is 5.82 Å². The van der Waals surface area contributed by atoms with Gasteiger partial charge in [0, 0.05) is 12.0 Å². The number of hydrogen-bond donors (Lipinski definition) is 1. The van der Waals surface area contributed by atoms with Gasteiger partial charge in [-0.05, 0) is 25.5 Å². The second kappa shape index (κ2) is 5.26. The number of ether oxygens (including phenoxy) is 1. The quantitative estimate of drug-likeness (QED) is 0.912. The summed E-state index contributed by atoms with van der Waals surface area (Å²) in [5.41, 5.74) is 8.06. The fourth-order valence-electron chi connectivity index (χ4n) is 1.80. The zero-order chi connectivity index (χ0) is 14.0. The zero-order valence-corrected chi connectivity index (χ0v) is 11.8. The number of anilines is 1. The van der Waals surface area contributed by atoms with E-state index in [4.69, 9.17) is 10.5 Å². The van der Waals surface area contributed by atoms with Gasteiger partial charge in [-0.15, -0.1) is 0 Å². The van der Waals surface area contributed by atoms with E-state index in [1.807, 2.05) is 32.9 Å². The van der Waals surface area contributed by atoms with E-state index in [0.29, 0.717) is 17.5 Å². The molecule has 0 saturated carbocycles. The van der Waals surface area contributed by atoms with E-state index in [9.17, 15) is 0 Å². The first-order valence-electron chi connectivity index (χ1n) is 6.35. The molecule has 2 rings (SSSR count). The Labute approximate surface area is 113 Å². The molecule has 0 atom stereocenters. The standard InChI is InChI=1S/C15H19N3O/c1-9(2)15-17-13(16)8-14(18-15)19-12-6-5-10(3)7-11(12)4/h5-9H,1-4H3,(H2,16,17,18). The third-order valence-corrected chi connectivity index (χ3v) is 2.80. The molecule has 0 amide bonds. The van der Waals surface area contributed by atoms with Crippen molar-refractivity contribution in [3.05, 3.63) is 41.2 Å². The Morgan fingerprint density at radius 1 is 1.11 bits per heavy atom. The van der Waals surface area contributed by atoms with Crippen molar-refractivity contribution >= 4 is 5.82 Å². The highest BCUT2D eigenvalue weighted by molar-refractivity contribution is 5.40. The van der Waals surface area contributed by atoms with Crippen molar-refractivity contribution in [2.75, 3.05) is 5.73 Å². The van der Waals surface area contributed by atoms with E-state index in [0.717, 1.165) is 11.3 Å². The maximum atomic E-state index is 5.80. The maximum absolute atomic E-state index is 5.80. The molecule has 0 bridgehead atoms. The minimum absolute atomic E-state index is 0.213. The second-order valence-corrected chi connectivity index (χ2v) is 5.01. The third kappa shape index (κ3) is 3.22. The summed E-state index contributed by atoms with van der Waals surface area (Å²) in [6, 6.07) is 7.67. The number of rotatable bonds is 3. The monoisotopic (exact) mass is 257 g/mol. The summed E-state index contributed by atoms with van der Waals surface area (Å²) in [4.78, 5) is 8.58. The van der Waals surface area contributed by atoms with Crippen LogP contribution in [0.15, 0.2) is 24.3 Å². The molecule has 4 nitrogen and oxygen atoms in total. The summed E-state index contributed by atoms with van der Waals surface area (Å²) >= 11 is 0. The minimum Gasteiger partial charge on any atom is -0.439 e. The van der Waals surface area contributed by atoms with Crippen LogP contribution in [0.2, 0.25) is 0 Å². The van der Waals surface area contributed by atoms with Crippen molar-refractivity contribution in [1.82, 2.24) is 9.97 Å². The predicted molar refractivity (Wildman–Crippen MR) is 76.5 cm³/mol. The summed E-state index contributed by atoms with van der Waals surface area (Å²) < 4.78 is 5.80. The van der Waals surface area contributed by atoms with Crippen LogP contribution in [0.1, 0.15) is 36.7 Å². The average molecular weight is 257 g/mol. The molecule has 2 N–H and O–H groups in total. The van der Waals surface area contributed by atoms with Crippen LogP contribution < -0.4 is 10.5 Å². The SMILES string of the molecule is Cc1ccc(Oc2cc(N)nc(C(C)C)n2)c(C)c1. The van der Waals surface area contributed by atoms with Crippen molar-refractivity contribution in [1.29, 1.82) is 0 Å². The van der Waals surface area contributed by atoms with E-state index in [-0.39, 0.29) is 5.92 Å². The van der Waals surface area contributed by atoms with Crippen LogP contribution in [0.5, 0.6) is 11.6 Å². The molecule has 1 aromatic heterocycles. The minimum atomic E-state index is 0.213. The molecule has 1 heterocycles. The van der Waals surface area contributed by atoms with E-state index in [1.165, 1.54) is 5.56 Å². The average Bonchev–Trinajstić information content (AvgIpc) is 2.32. The van der Waals surface area contributed by atoms with Crippen molar-refractivity contribution < 1.29 is 4.74 Å². The Balaban J connectivity index is 2.32. The molecule has 0 unspecified atom stereocenters. The lowest BCUT2D eigenvalue weighted by Crippen LogP contribution is -2.03. The van der Waals surface area contributed by atoms with E-state index in [2.05, 4.69) is 23.0 Å². The number of benzene rings is 1. The van der Waals surface area contributed by atoms with Crippen LogP contribution >= 0.6 is 0 Å². The van der Waals surface area contributed by atoms with Gasteiger partial charge >= 0.3 is 0 Å². The van der Waals surface area contributed by atoms with Gasteiger partial charge in [-0.3, -0.25) is 0 Å². The first kappa shape index (κ1) is 13.3. The number of aryl methyl sites for hydroxylation is 2. The van der Waals surface area contributed by atoms with Gasteiger partial charge in [0.15, 0.2) is 0 Å². The molecule has 0 fully saturated rings. The molecule has 0 aliphatic heterocycles. The molecule has 0 saturated heterocycles. The van der Waals surface area contributed by atoms with Gasteiger partial charge in [-0.2, -0.15) is 4.98 Å². The van der Waals surface area contributed by atoms with Crippen LogP contribution in [-0.4, -0.2) is 9.97 Å². The van der Waals surface area contributed by atoms with Crippen LogP contribution in [0.3, 0.4) is 0 Å². The lowest BCUT2D eigenvalue weighted by Gasteiger charge is -2.11. The number of aromatic nitrogens is 2. The van der Waals surface area contributed by atoms with Gasteiger partial charge < -0.3 is 10.5 Å². The molecule has 0 spiro atoms. The van der Waals surface area contributed by atoms with E-state index < -0.39 is 0 Å². The van der Waals surface area contributed by atoms with Crippen molar-refractivity contribution in [3.63, 3.8) is 0 Å². The molecule has 100 valence electrons. The first-order chi connectivity index (χ1) is 8.95. The second-order valence-electron chi connectivity index (χ2n) is 5.01. The van der Waals surface area contributed by atoms with Crippen molar-refractivity contribution in [2.45, 2.75) is 33.6 Å². The summed E-state index contributed by atoms with van der Waals surface area (Å²) in [5, 5.41) is 0. The van der Waals surface area contributed by atoms with E-state index >= 15 is 0 Å². The highest BCUT2D eigenvalue weighted by Gasteiger charge is 2.09. The number of nitrogens with two attached hydrogens (primary N) is 1. The van der Waals surface area contributed by atoms with Gasteiger partial charge in [0.05, 0.1) is 0 Å². The van der Waals surface area contributed by atoms with Crippen molar-refractivity contribution in [3.8, 4) is 11.6 Å². The number of nitrogen functional groups attached to an aromatic ring is 1. The number of hydrogen-bond acceptors (Lipinski definition) is 4. The lowest BCUT2D eigenvalue weighted by molar-refractivity contribution is 0.454. The smallest absolute Gasteiger partial charge is 0.224 e. The highest BCUT2D eigenvalue weighted by Crippen LogP contribution is 2.26. The van der Waals surface area contributed by atoms with Crippen LogP contribution in [0, 0.1) is 13.8 Å². The number of nitrogens with zero attached hydrogens (tertiary/aromatic N) is 2. The maximum Gasteiger partial charge on any atom is 0.224 e. The first-order valence-corrected chi connectivity index (χ1v) is 6.35. The fraction of sp³-hybridized carbons (Fsp3) is 0.333. The highest BCUT2D eigenvalue weighted by atomic mass is 16.5. The molecule has 4 heteroatoms. The summed E-state index contributed by atoms with van der Waals surface area (Å²) in [6.07, 6.45) is 0. The molecule has 0 aliphatic rings.